The van der Waals surface area contributed by atoms with Crippen LogP contribution >= 0.6 is 0 Å². The van der Waals surface area contributed by atoms with Gasteiger partial charge in [-0.3, -0.25) is 9.59 Å². The molecule has 0 radical (unpaired) electrons. The van der Waals surface area contributed by atoms with Gasteiger partial charge in [-0.2, -0.15) is 0 Å². The third-order valence-corrected chi connectivity index (χ3v) is 2.32. The van der Waals surface area contributed by atoms with Gasteiger partial charge in [0, 0.05) is 26.6 Å². The van der Waals surface area contributed by atoms with Crippen LogP contribution in [0.2, 0.25) is 0 Å². The van der Waals surface area contributed by atoms with Crippen LogP contribution < -0.4 is 5.32 Å². The summed E-state index contributed by atoms with van der Waals surface area (Å²) in [4.78, 5) is 23.8. The van der Waals surface area contributed by atoms with Crippen LogP contribution in [-0.2, 0) is 19.1 Å². The maximum atomic E-state index is 11.5. The van der Waals surface area contributed by atoms with Crippen molar-refractivity contribution in [3.05, 3.63) is 0 Å². The molecule has 18 heavy (non-hydrogen) atoms. The summed E-state index contributed by atoms with van der Waals surface area (Å²) < 4.78 is 10.4. The fraction of sp³-hybridized carbons (Fsp3) is 0.833. The van der Waals surface area contributed by atoms with Crippen LogP contribution in [0.5, 0.6) is 0 Å². The lowest BCUT2D eigenvalue weighted by atomic mass is 10.3. The summed E-state index contributed by atoms with van der Waals surface area (Å²) in [5.74, 6) is 0.0404. The zero-order chi connectivity index (χ0) is 13.8. The van der Waals surface area contributed by atoms with Gasteiger partial charge in [-0.15, -0.1) is 0 Å². The Labute approximate surface area is 109 Å². The number of amides is 1. The van der Waals surface area contributed by atoms with E-state index in [1.807, 2.05) is 7.05 Å². The Morgan fingerprint density at radius 2 is 1.89 bits per heavy atom. The lowest BCUT2D eigenvalue weighted by molar-refractivity contribution is -0.135. The highest BCUT2D eigenvalue weighted by molar-refractivity contribution is 5.77. The van der Waals surface area contributed by atoms with Crippen LogP contribution in [0.25, 0.3) is 0 Å². The molecule has 0 aliphatic rings. The minimum absolute atomic E-state index is 0.0683. The number of rotatable bonds is 11. The van der Waals surface area contributed by atoms with Crippen molar-refractivity contribution < 1.29 is 19.1 Å². The minimum atomic E-state index is -0.0683. The average molecular weight is 260 g/mol. The normalized spacial score (nSPS) is 10.4. The Hall–Kier alpha value is -0.980. The number of ether oxygens (including phenoxy) is 2. The van der Waals surface area contributed by atoms with Crippen molar-refractivity contribution in [3.63, 3.8) is 0 Å². The topological polar surface area (TPSA) is 67.9 Å². The second kappa shape index (κ2) is 11.1. The van der Waals surface area contributed by atoms with E-state index in [2.05, 4.69) is 5.32 Å². The first-order valence-electron chi connectivity index (χ1n) is 6.11. The molecule has 6 heteroatoms. The monoisotopic (exact) mass is 260 g/mol. The van der Waals surface area contributed by atoms with Gasteiger partial charge in [-0.05, 0) is 14.0 Å². The Kier molecular flexibility index (Phi) is 10.5. The summed E-state index contributed by atoms with van der Waals surface area (Å²) in [5, 5.41) is 2.93. The SMILES string of the molecule is CNCCOCC(=O)N(C)CCOCCC(C)=O. The Bertz CT molecular complexity index is 246. The van der Waals surface area contributed by atoms with E-state index in [1.165, 1.54) is 6.92 Å². The first-order valence-corrected chi connectivity index (χ1v) is 6.11. The van der Waals surface area contributed by atoms with E-state index in [9.17, 15) is 9.59 Å². The maximum absolute atomic E-state index is 11.5. The summed E-state index contributed by atoms with van der Waals surface area (Å²) in [5.41, 5.74) is 0. The summed E-state index contributed by atoms with van der Waals surface area (Å²) in [7, 11) is 3.54. The predicted octanol–water partition coefficient (Wildman–Crippen LogP) is -0.323. The maximum Gasteiger partial charge on any atom is 0.248 e. The molecule has 1 amide bonds. The zero-order valence-electron chi connectivity index (χ0n) is 11.5. The molecule has 0 heterocycles. The second-order valence-corrected chi connectivity index (χ2v) is 4.04. The van der Waals surface area contributed by atoms with Crippen molar-refractivity contribution >= 4 is 11.7 Å². The van der Waals surface area contributed by atoms with E-state index in [4.69, 9.17) is 9.47 Å². The molecule has 0 aromatic rings. The van der Waals surface area contributed by atoms with Crippen molar-refractivity contribution in [1.29, 1.82) is 0 Å². The molecule has 0 unspecified atom stereocenters. The van der Waals surface area contributed by atoms with Gasteiger partial charge >= 0.3 is 0 Å². The highest BCUT2D eigenvalue weighted by Crippen LogP contribution is 1.89. The number of likely N-dealkylation sites (N-methyl/N-ethyl adjacent to an activating group) is 2. The number of ketones is 1. The molecule has 0 aliphatic carbocycles. The fourth-order valence-electron chi connectivity index (χ4n) is 1.09. The lowest BCUT2D eigenvalue weighted by Crippen LogP contribution is -2.33. The van der Waals surface area contributed by atoms with Crippen LogP contribution in [0.3, 0.4) is 0 Å². The lowest BCUT2D eigenvalue weighted by Gasteiger charge is -2.17. The summed E-state index contributed by atoms with van der Waals surface area (Å²) >= 11 is 0. The molecule has 0 saturated carbocycles. The molecule has 0 rings (SSSR count). The van der Waals surface area contributed by atoms with Crippen molar-refractivity contribution in [1.82, 2.24) is 10.2 Å². The zero-order valence-corrected chi connectivity index (χ0v) is 11.5. The third-order valence-electron chi connectivity index (χ3n) is 2.32. The van der Waals surface area contributed by atoms with Crippen molar-refractivity contribution in [2.24, 2.45) is 0 Å². The van der Waals surface area contributed by atoms with Gasteiger partial charge in [0.2, 0.25) is 5.91 Å². The Morgan fingerprint density at radius 1 is 1.17 bits per heavy atom. The highest BCUT2D eigenvalue weighted by Gasteiger charge is 2.08. The van der Waals surface area contributed by atoms with Gasteiger partial charge < -0.3 is 19.7 Å². The molecule has 0 bridgehead atoms. The van der Waals surface area contributed by atoms with Gasteiger partial charge in [-0.25, -0.2) is 0 Å². The van der Waals surface area contributed by atoms with Crippen LogP contribution in [-0.4, -0.2) is 70.2 Å². The number of carbonyl (C=O) groups excluding carboxylic acids is 2. The van der Waals surface area contributed by atoms with Crippen molar-refractivity contribution in [2.45, 2.75) is 13.3 Å². The molecule has 1 N–H and O–H groups in total. The number of Topliss-reactive ketones (excluding diaryl/α,β-unsaturated/α-hetero) is 1. The van der Waals surface area contributed by atoms with Gasteiger partial charge in [0.15, 0.2) is 0 Å². The summed E-state index contributed by atoms with van der Waals surface area (Å²) in [6.45, 7) is 4.22. The van der Waals surface area contributed by atoms with E-state index in [0.29, 0.717) is 32.8 Å². The van der Waals surface area contributed by atoms with E-state index >= 15 is 0 Å². The Balaban J connectivity index is 3.46. The standard InChI is InChI=1S/C12H24N2O4/c1-11(15)4-7-17-9-6-14(3)12(16)10-18-8-5-13-2/h13H,4-10H2,1-3H3. The van der Waals surface area contributed by atoms with Gasteiger partial charge in [-0.1, -0.05) is 0 Å². The largest absolute Gasteiger partial charge is 0.379 e. The van der Waals surface area contributed by atoms with Crippen molar-refractivity contribution in [2.75, 3.05) is 53.6 Å². The van der Waals surface area contributed by atoms with Crippen LogP contribution in [0.15, 0.2) is 0 Å². The minimum Gasteiger partial charge on any atom is -0.379 e. The first kappa shape index (κ1) is 17.0. The van der Waals surface area contributed by atoms with Crippen molar-refractivity contribution in [3.8, 4) is 0 Å². The molecule has 0 aromatic carbocycles. The molecule has 106 valence electrons. The van der Waals surface area contributed by atoms with E-state index in [0.717, 1.165) is 6.54 Å². The number of hydrogen-bond acceptors (Lipinski definition) is 5. The average Bonchev–Trinajstić information content (AvgIpc) is 2.33. The van der Waals surface area contributed by atoms with Gasteiger partial charge in [0.25, 0.3) is 0 Å². The van der Waals surface area contributed by atoms with Crippen LogP contribution in [0.1, 0.15) is 13.3 Å². The number of hydrogen-bond donors (Lipinski definition) is 1. The Morgan fingerprint density at radius 3 is 2.50 bits per heavy atom. The van der Waals surface area contributed by atoms with Gasteiger partial charge in [0.05, 0.1) is 19.8 Å². The molecule has 0 atom stereocenters. The fourth-order valence-corrected chi connectivity index (χ4v) is 1.09. The highest BCUT2D eigenvalue weighted by atomic mass is 16.5. The third kappa shape index (κ3) is 10.2. The number of carbonyl (C=O) groups is 2. The molecule has 0 aliphatic heterocycles. The number of nitrogens with one attached hydrogen (secondary N) is 1. The molecule has 0 fully saturated rings. The first-order chi connectivity index (χ1) is 8.57. The smallest absolute Gasteiger partial charge is 0.248 e. The van der Waals surface area contributed by atoms with Gasteiger partial charge in [0.1, 0.15) is 12.4 Å². The van der Waals surface area contributed by atoms with Crippen LogP contribution in [0.4, 0.5) is 0 Å². The predicted molar refractivity (Wildman–Crippen MR) is 68.5 cm³/mol. The quantitative estimate of drug-likeness (QED) is 0.516. The molecule has 0 saturated heterocycles. The molecular weight excluding hydrogens is 236 g/mol. The molecule has 6 nitrogen and oxygen atoms in total. The van der Waals surface area contributed by atoms with E-state index in [-0.39, 0.29) is 18.3 Å². The van der Waals surface area contributed by atoms with Crippen LogP contribution in [0, 0.1) is 0 Å². The van der Waals surface area contributed by atoms with E-state index in [1.54, 1.807) is 11.9 Å². The second-order valence-electron chi connectivity index (χ2n) is 4.04. The van der Waals surface area contributed by atoms with E-state index < -0.39 is 0 Å². The number of nitrogens with zero attached hydrogens (tertiary/aromatic N) is 1. The summed E-state index contributed by atoms with van der Waals surface area (Å²) in [6.07, 6.45) is 0.421. The summed E-state index contributed by atoms with van der Waals surface area (Å²) in [6, 6.07) is 0. The molecule has 0 spiro atoms. The molecule has 0 aromatic heterocycles. The molecular formula is C12H24N2O4.